The molecule has 0 bridgehead atoms. The number of benzene rings is 1. The predicted molar refractivity (Wildman–Crippen MR) is 66.1 cm³/mol. The second-order valence-electron chi connectivity index (χ2n) is 3.50. The monoisotopic (exact) mass is 314 g/mol. The minimum absolute atomic E-state index is 0.159. The van der Waals surface area contributed by atoms with Gasteiger partial charge in [-0.25, -0.2) is 4.79 Å². The van der Waals surface area contributed by atoms with Crippen LogP contribution in [0.3, 0.4) is 0 Å². The molecule has 0 saturated carbocycles. The van der Waals surface area contributed by atoms with Gasteiger partial charge in [0.1, 0.15) is 13.2 Å². The van der Waals surface area contributed by atoms with Crippen LogP contribution < -0.4 is 9.47 Å². The zero-order valence-electron chi connectivity index (χ0n) is 9.70. The zero-order chi connectivity index (χ0) is 13.1. The summed E-state index contributed by atoms with van der Waals surface area (Å²) in [4.78, 5) is 23.2. The van der Waals surface area contributed by atoms with E-state index in [2.05, 4.69) is 20.7 Å². The fourth-order valence-electron chi connectivity index (χ4n) is 1.56. The number of carbonyl (C=O) groups excluding carboxylic acids is 2. The van der Waals surface area contributed by atoms with E-state index >= 15 is 0 Å². The van der Waals surface area contributed by atoms with Crippen LogP contribution in [0.2, 0.25) is 0 Å². The van der Waals surface area contributed by atoms with Crippen molar-refractivity contribution in [3.63, 3.8) is 0 Å². The van der Waals surface area contributed by atoms with E-state index in [9.17, 15) is 9.59 Å². The van der Waals surface area contributed by atoms with Crippen molar-refractivity contribution in [3.05, 3.63) is 22.2 Å². The second kappa shape index (κ2) is 5.39. The lowest BCUT2D eigenvalue weighted by atomic mass is 10.1. The average molecular weight is 315 g/mol. The molecule has 6 heteroatoms. The van der Waals surface area contributed by atoms with Crippen LogP contribution in [0.25, 0.3) is 0 Å². The lowest BCUT2D eigenvalue weighted by Crippen LogP contribution is -2.20. The van der Waals surface area contributed by atoms with Crippen LogP contribution in [0.15, 0.2) is 16.6 Å². The first kappa shape index (κ1) is 12.9. The van der Waals surface area contributed by atoms with Gasteiger partial charge in [0.2, 0.25) is 0 Å². The maximum absolute atomic E-state index is 11.8. The summed E-state index contributed by atoms with van der Waals surface area (Å²) < 4.78 is 15.9. The lowest BCUT2D eigenvalue weighted by Gasteiger charge is -2.20. The van der Waals surface area contributed by atoms with E-state index in [1.807, 2.05) is 0 Å². The van der Waals surface area contributed by atoms with Gasteiger partial charge in [-0.2, -0.15) is 0 Å². The molecule has 96 valence electrons. The van der Waals surface area contributed by atoms with Gasteiger partial charge in [0.15, 0.2) is 11.5 Å². The third-order valence-electron chi connectivity index (χ3n) is 2.35. The Balaban J connectivity index is 2.35. The average Bonchev–Trinajstić information content (AvgIpc) is 2.39. The smallest absolute Gasteiger partial charge is 0.379 e. The Morgan fingerprint density at radius 2 is 2.06 bits per heavy atom. The number of hydrogen-bond donors (Lipinski definition) is 0. The number of hydrogen-bond acceptors (Lipinski definition) is 5. The van der Waals surface area contributed by atoms with Crippen LogP contribution in [0.4, 0.5) is 0 Å². The van der Waals surface area contributed by atoms with Gasteiger partial charge in [0.25, 0.3) is 5.78 Å². The maximum Gasteiger partial charge on any atom is 0.379 e. The minimum Gasteiger partial charge on any atom is -0.486 e. The van der Waals surface area contributed by atoms with Gasteiger partial charge in [-0.05, 0) is 35.0 Å². The Kier molecular flexibility index (Phi) is 3.86. The Labute approximate surface area is 112 Å². The summed E-state index contributed by atoms with van der Waals surface area (Å²) in [6.07, 6.45) is 0. The summed E-state index contributed by atoms with van der Waals surface area (Å²) in [5.74, 6) is -0.597. The van der Waals surface area contributed by atoms with Crippen molar-refractivity contribution in [3.8, 4) is 11.5 Å². The highest BCUT2D eigenvalue weighted by Gasteiger charge is 2.25. The molecular weight excluding hydrogens is 304 g/mol. The molecule has 1 aliphatic heterocycles. The highest BCUT2D eigenvalue weighted by molar-refractivity contribution is 9.10. The zero-order valence-corrected chi connectivity index (χ0v) is 11.3. The van der Waals surface area contributed by atoms with Gasteiger partial charge in [0, 0.05) is 5.56 Å². The minimum atomic E-state index is -0.880. The van der Waals surface area contributed by atoms with Crippen molar-refractivity contribution in [2.75, 3.05) is 19.8 Å². The van der Waals surface area contributed by atoms with E-state index in [0.717, 1.165) is 0 Å². The maximum atomic E-state index is 11.8. The number of rotatable bonds is 3. The summed E-state index contributed by atoms with van der Waals surface area (Å²) >= 11 is 3.25. The topological polar surface area (TPSA) is 61.8 Å². The number of esters is 1. The van der Waals surface area contributed by atoms with Gasteiger partial charge in [-0.3, -0.25) is 4.79 Å². The molecule has 18 heavy (non-hydrogen) atoms. The van der Waals surface area contributed by atoms with Crippen molar-refractivity contribution in [1.82, 2.24) is 0 Å². The molecule has 5 nitrogen and oxygen atoms in total. The summed E-state index contributed by atoms with van der Waals surface area (Å²) in [5.41, 5.74) is 0.206. The fraction of sp³-hybridized carbons (Fsp3) is 0.333. The van der Waals surface area contributed by atoms with E-state index in [4.69, 9.17) is 9.47 Å². The van der Waals surface area contributed by atoms with Gasteiger partial charge in [-0.1, -0.05) is 0 Å². The van der Waals surface area contributed by atoms with Crippen molar-refractivity contribution in [1.29, 1.82) is 0 Å². The lowest BCUT2D eigenvalue weighted by molar-refractivity contribution is -0.137. The molecule has 0 unspecified atom stereocenters. The van der Waals surface area contributed by atoms with E-state index in [1.54, 1.807) is 13.0 Å². The van der Waals surface area contributed by atoms with Crippen LogP contribution in [-0.4, -0.2) is 31.6 Å². The molecular formula is C12H11BrO5. The molecule has 1 aromatic carbocycles. The van der Waals surface area contributed by atoms with Crippen molar-refractivity contribution in [2.24, 2.45) is 0 Å². The van der Waals surface area contributed by atoms with E-state index in [-0.39, 0.29) is 12.2 Å². The van der Waals surface area contributed by atoms with Gasteiger partial charge in [-0.15, -0.1) is 0 Å². The van der Waals surface area contributed by atoms with E-state index in [0.29, 0.717) is 29.2 Å². The number of Topliss-reactive ketones (excluding diaryl/α,β-unsaturated/α-hetero) is 1. The predicted octanol–water partition coefficient (Wildman–Crippen LogP) is 1.97. The van der Waals surface area contributed by atoms with E-state index in [1.165, 1.54) is 6.07 Å². The van der Waals surface area contributed by atoms with Gasteiger partial charge < -0.3 is 14.2 Å². The number of ketones is 1. The highest BCUT2D eigenvalue weighted by Crippen LogP contribution is 2.39. The number of fused-ring (bicyclic) bond motifs is 1. The molecule has 0 aromatic heterocycles. The second-order valence-corrected chi connectivity index (χ2v) is 4.29. The molecule has 1 aliphatic rings. The first-order valence-corrected chi connectivity index (χ1v) is 6.24. The third-order valence-corrected chi connectivity index (χ3v) is 3.14. The normalized spacial score (nSPS) is 13.0. The molecule has 0 amide bonds. The molecule has 0 spiro atoms. The largest absolute Gasteiger partial charge is 0.486 e. The van der Waals surface area contributed by atoms with E-state index < -0.39 is 11.8 Å². The fourth-order valence-corrected chi connectivity index (χ4v) is 2.19. The van der Waals surface area contributed by atoms with Crippen LogP contribution in [0.5, 0.6) is 11.5 Å². The summed E-state index contributed by atoms with van der Waals surface area (Å²) in [5, 5.41) is 0. The van der Waals surface area contributed by atoms with Crippen molar-refractivity contribution >= 4 is 27.7 Å². The van der Waals surface area contributed by atoms with Crippen molar-refractivity contribution < 1.29 is 23.8 Å². The number of ether oxygens (including phenoxy) is 3. The molecule has 1 heterocycles. The van der Waals surface area contributed by atoms with Crippen LogP contribution in [0.1, 0.15) is 17.3 Å². The van der Waals surface area contributed by atoms with Gasteiger partial charge >= 0.3 is 5.97 Å². The third kappa shape index (κ3) is 2.33. The molecule has 0 fully saturated rings. The Bertz CT molecular complexity index is 497. The Morgan fingerprint density at radius 1 is 1.33 bits per heavy atom. The molecule has 2 rings (SSSR count). The number of carbonyl (C=O) groups is 2. The van der Waals surface area contributed by atoms with Crippen molar-refractivity contribution in [2.45, 2.75) is 6.92 Å². The molecule has 0 aliphatic carbocycles. The molecule has 0 atom stereocenters. The van der Waals surface area contributed by atoms with Crippen LogP contribution >= 0.6 is 15.9 Å². The standard InChI is InChI=1S/C12H11BrO5/c1-2-16-12(15)10(14)7-3-4-8-11(9(7)13)18-6-5-17-8/h3-4H,2,5-6H2,1H3. The van der Waals surface area contributed by atoms with Crippen LogP contribution in [-0.2, 0) is 9.53 Å². The summed E-state index contributed by atoms with van der Waals surface area (Å²) in [7, 11) is 0. The SMILES string of the molecule is CCOC(=O)C(=O)c1ccc2c(c1Br)OCCO2. The first-order valence-electron chi connectivity index (χ1n) is 5.44. The first-order chi connectivity index (χ1) is 8.65. The number of halogens is 1. The highest BCUT2D eigenvalue weighted by atomic mass is 79.9. The summed E-state index contributed by atoms with van der Waals surface area (Å²) in [6, 6.07) is 3.11. The Hall–Kier alpha value is -1.56. The quantitative estimate of drug-likeness (QED) is 0.485. The molecule has 0 saturated heterocycles. The van der Waals surface area contributed by atoms with Gasteiger partial charge in [0.05, 0.1) is 11.1 Å². The molecule has 1 aromatic rings. The molecule has 0 radical (unpaired) electrons. The van der Waals surface area contributed by atoms with Crippen LogP contribution in [0, 0.1) is 0 Å². The summed E-state index contributed by atoms with van der Waals surface area (Å²) in [6.45, 7) is 2.67. The Morgan fingerprint density at radius 3 is 2.78 bits per heavy atom. The molecule has 0 N–H and O–H groups in total.